The molecule has 2 rings (SSSR count). The monoisotopic (exact) mass is 368 g/mol. The summed E-state index contributed by atoms with van der Waals surface area (Å²) in [4.78, 5) is 11.3. The highest BCUT2D eigenvalue weighted by Gasteiger charge is 2.16. The van der Waals surface area contributed by atoms with Crippen LogP contribution in [-0.4, -0.2) is 27.4 Å². The minimum atomic E-state index is -4.00. The number of carbonyl (C=O) groups is 1. The molecule has 1 amide bonds. The second-order valence-corrected chi connectivity index (χ2v) is 7.08. The van der Waals surface area contributed by atoms with Gasteiger partial charge < -0.3 is 5.32 Å². The Kier molecular flexibility index (Phi) is 6.60. The van der Waals surface area contributed by atoms with Crippen molar-refractivity contribution in [2.75, 3.05) is 13.1 Å². The third-order valence-corrected chi connectivity index (χ3v) is 4.88. The van der Waals surface area contributed by atoms with Gasteiger partial charge in [-0.15, -0.1) is 0 Å². The van der Waals surface area contributed by atoms with Crippen molar-refractivity contribution < 1.29 is 22.0 Å². The normalized spacial score (nSPS) is 11.3. The Morgan fingerprint density at radius 2 is 1.68 bits per heavy atom. The maximum absolute atomic E-state index is 13.1. The lowest BCUT2D eigenvalue weighted by molar-refractivity contribution is -0.120. The number of rotatable bonds is 8. The third-order valence-electron chi connectivity index (χ3n) is 3.42. The number of amides is 1. The molecule has 0 saturated carbocycles. The van der Waals surface area contributed by atoms with Crippen molar-refractivity contribution in [2.45, 2.75) is 17.7 Å². The lowest BCUT2D eigenvalue weighted by Crippen LogP contribution is -2.31. The molecule has 2 aromatic carbocycles. The first-order valence-corrected chi connectivity index (χ1v) is 9.12. The van der Waals surface area contributed by atoms with Crippen LogP contribution in [0.4, 0.5) is 8.78 Å². The Morgan fingerprint density at radius 3 is 2.36 bits per heavy atom. The first-order chi connectivity index (χ1) is 11.9. The van der Waals surface area contributed by atoms with Crippen LogP contribution in [0.3, 0.4) is 0 Å². The zero-order valence-electron chi connectivity index (χ0n) is 13.3. The molecule has 0 aromatic heterocycles. The number of hydrogen-bond acceptors (Lipinski definition) is 3. The predicted octanol–water partition coefficient (Wildman–Crippen LogP) is 1.99. The molecule has 0 aliphatic rings. The van der Waals surface area contributed by atoms with Gasteiger partial charge in [0.2, 0.25) is 15.9 Å². The minimum absolute atomic E-state index is 0.0578. The number of benzene rings is 2. The molecule has 8 heteroatoms. The summed E-state index contributed by atoms with van der Waals surface area (Å²) in [6.45, 7) is 0.303. The zero-order valence-corrected chi connectivity index (χ0v) is 14.2. The third kappa shape index (κ3) is 5.91. The van der Waals surface area contributed by atoms with Gasteiger partial charge in [-0.1, -0.05) is 30.3 Å². The molecule has 0 saturated heterocycles. The summed E-state index contributed by atoms with van der Waals surface area (Å²) in [5, 5.41) is 2.69. The van der Waals surface area contributed by atoms with Crippen LogP contribution in [0.2, 0.25) is 0 Å². The zero-order chi connectivity index (χ0) is 18.3. The van der Waals surface area contributed by atoms with Crippen LogP contribution in [0.1, 0.15) is 12.0 Å². The van der Waals surface area contributed by atoms with Gasteiger partial charge in [0.1, 0.15) is 0 Å². The molecule has 0 aliphatic carbocycles. The van der Waals surface area contributed by atoms with Gasteiger partial charge in [-0.2, -0.15) is 0 Å². The second-order valence-electron chi connectivity index (χ2n) is 5.31. The molecule has 25 heavy (non-hydrogen) atoms. The van der Waals surface area contributed by atoms with Gasteiger partial charge in [-0.05, 0) is 30.2 Å². The van der Waals surface area contributed by atoms with Crippen LogP contribution in [0.25, 0.3) is 0 Å². The average Bonchev–Trinajstić information content (AvgIpc) is 2.58. The van der Waals surface area contributed by atoms with Crippen LogP contribution >= 0.6 is 0 Å². The predicted molar refractivity (Wildman–Crippen MR) is 89.3 cm³/mol. The molecule has 134 valence electrons. The summed E-state index contributed by atoms with van der Waals surface area (Å²) in [6, 6.07) is 11.9. The highest BCUT2D eigenvalue weighted by molar-refractivity contribution is 7.89. The van der Waals surface area contributed by atoms with E-state index in [9.17, 15) is 22.0 Å². The molecule has 0 heterocycles. The van der Waals surface area contributed by atoms with Crippen molar-refractivity contribution in [3.63, 3.8) is 0 Å². The lowest BCUT2D eigenvalue weighted by atomic mass is 10.1. The highest BCUT2D eigenvalue weighted by atomic mass is 32.2. The SMILES string of the molecule is O=C(CCNS(=O)(=O)c1ccc(F)c(F)c1)NCCc1ccccc1. The fourth-order valence-corrected chi connectivity index (χ4v) is 3.15. The molecule has 0 aliphatic heterocycles. The van der Waals surface area contributed by atoms with E-state index < -0.39 is 26.6 Å². The summed E-state index contributed by atoms with van der Waals surface area (Å²) in [5.74, 6) is -2.68. The van der Waals surface area contributed by atoms with Crippen molar-refractivity contribution in [2.24, 2.45) is 0 Å². The summed E-state index contributed by atoms with van der Waals surface area (Å²) in [7, 11) is -4.00. The van der Waals surface area contributed by atoms with E-state index in [1.807, 2.05) is 30.3 Å². The van der Waals surface area contributed by atoms with Gasteiger partial charge in [-0.3, -0.25) is 4.79 Å². The van der Waals surface area contributed by atoms with Gasteiger partial charge in [0.05, 0.1) is 4.90 Å². The Morgan fingerprint density at radius 1 is 0.960 bits per heavy atom. The van der Waals surface area contributed by atoms with Crippen LogP contribution in [0, 0.1) is 11.6 Å². The molecule has 0 spiro atoms. The highest BCUT2D eigenvalue weighted by Crippen LogP contribution is 2.13. The molecule has 0 radical (unpaired) electrons. The van der Waals surface area contributed by atoms with E-state index in [-0.39, 0.29) is 18.9 Å². The summed E-state index contributed by atoms with van der Waals surface area (Å²) >= 11 is 0. The molecule has 2 N–H and O–H groups in total. The van der Waals surface area contributed by atoms with E-state index in [4.69, 9.17) is 0 Å². The number of sulfonamides is 1. The van der Waals surface area contributed by atoms with E-state index in [2.05, 4.69) is 10.0 Å². The average molecular weight is 368 g/mol. The fourth-order valence-electron chi connectivity index (χ4n) is 2.11. The Hall–Kier alpha value is -2.32. The molecule has 0 bridgehead atoms. The van der Waals surface area contributed by atoms with Gasteiger partial charge in [0.15, 0.2) is 11.6 Å². The standard InChI is InChI=1S/C17H18F2N2O3S/c18-15-7-6-14(12-16(15)19)25(23,24)21-11-9-17(22)20-10-8-13-4-2-1-3-5-13/h1-7,12,21H,8-11H2,(H,20,22). The molecule has 5 nitrogen and oxygen atoms in total. The fraction of sp³-hybridized carbons (Fsp3) is 0.235. The quantitative estimate of drug-likeness (QED) is 0.748. The van der Waals surface area contributed by atoms with Crippen molar-refractivity contribution in [1.82, 2.24) is 10.0 Å². The molecular formula is C17H18F2N2O3S. The summed E-state index contributed by atoms with van der Waals surface area (Å²) in [5.41, 5.74) is 1.09. The number of halogens is 2. The van der Waals surface area contributed by atoms with E-state index in [1.54, 1.807) is 0 Å². The van der Waals surface area contributed by atoms with E-state index in [0.29, 0.717) is 19.0 Å². The van der Waals surface area contributed by atoms with Gasteiger partial charge in [0.25, 0.3) is 0 Å². The summed E-state index contributed by atoms with van der Waals surface area (Å²) in [6.07, 6.45) is 0.616. The van der Waals surface area contributed by atoms with Gasteiger partial charge >= 0.3 is 0 Å². The maximum Gasteiger partial charge on any atom is 0.240 e. The smallest absolute Gasteiger partial charge is 0.240 e. The number of nitrogens with one attached hydrogen (secondary N) is 2. The van der Waals surface area contributed by atoms with E-state index in [0.717, 1.165) is 17.7 Å². The molecule has 2 aromatic rings. The molecule has 0 atom stereocenters. The molecule has 0 fully saturated rings. The van der Waals surface area contributed by atoms with Crippen LogP contribution in [0.5, 0.6) is 0 Å². The summed E-state index contributed by atoms with van der Waals surface area (Å²) < 4.78 is 52.0. The van der Waals surface area contributed by atoms with Crippen molar-refractivity contribution in [3.8, 4) is 0 Å². The van der Waals surface area contributed by atoms with Gasteiger partial charge in [-0.25, -0.2) is 21.9 Å². The molecular weight excluding hydrogens is 350 g/mol. The largest absolute Gasteiger partial charge is 0.356 e. The second kappa shape index (κ2) is 8.68. The first-order valence-electron chi connectivity index (χ1n) is 7.64. The minimum Gasteiger partial charge on any atom is -0.356 e. The number of carbonyl (C=O) groups excluding carboxylic acids is 1. The van der Waals surface area contributed by atoms with Crippen molar-refractivity contribution in [1.29, 1.82) is 0 Å². The van der Waals surface area contributed by atoms with Crippen molar-refractivity contribution in [3.05, 3.63) is 65.7 Å². The van der Waals surface area contributed by atoms with E-state index in [1.165, 1.54) is 0 Å². The van der Waals surface area contributed by atoms with Crippen molar-refractivity contribution >= 4 is 15.9 Å². The topological polar surface area (TPSA) is 75.3 Å². The first kappa shape index (κ1) is 19.0. The Bertz CT molecular complexity index is 827. The molecule has 0 unspecified atom stereocenters. The van der Waals surface area contributed by atoms with Crippen LogP contribution < -0.4 is 10.0 Å². The van der Waals surface area contributed by atoms with Crippen LogP contribution in [-0.2, 0) is 21.2 Å². The Balaban J connectivity index is 1.75. The van der Waals surface area contributed by atoms with E-state index >= 15 is 0 Å². The lowest BCUT2D eigenvalue weighted by Gasteiger charge is -2.08. The Labute approximate surface area is 145 Å². The van der Waals surface area contributed by atoms with Gasteiger partial charge in [0, 0.05) is 19.5 Å². The number of hydrogen-bond donors (Lipinski definition) is 2. The van der Waals surface area contributed by atoms with Crippen LogP contribution in [0.15, 0.2) is 53.4 Å². The maximum atomic E-state index is 13.1.